The number of carbonyl (C=O) groups is 1. The second-order valence-electron chi connectivity index (χ2n) is 5.96. The van der Waals surface area contributed by atoms with E-state index in [0.717, 1.165) is 11.3 Å². The van der Waals surface area contributed by atoms with Crippen molar-refractivity contribution in [2.75, 3.05) is 20.2 Å². The van der Waals surface area contributed by atoms with Crippen LogP contribution in [0.15, 0.2) is 24.3 Å². The lowest BCUT2D eigenvalue weighted by Gasteiger charge is -2.18. The standard InChI is InChI=1S/C17H28N2O2/c1-12(2)11-21-16-8-6-15(7-9-16)14(4)19-17(20)13(3)10-18-5/h6-9,12-14,18H,10-11H2,1-5H3,(H,19,20). The molecule has 2 unspecified atom stereocenters. The van der Waals surface area contributed by atoms with Gasteiger partial charge in [-0.25, -0.2) is 0 Å². The highest BCUT2D eigenvalue weighted by atomic mass is 16.5. The molecule has 0 saturated heterocycles. The summed E-state index contributed by atoms with van der Waals surface area (Å²) in [7, 11) is 1.85. The van der Waals surface area contributed by atoms with E-state index in [1.165, 1.54) is 0 Å². The number of rotatable bonds is 8. The molecular weight excluding hydrogens is 264 g/mol. The van der Waals surface area contributed by atoms with E-state index >= 15 is 0 Å². The summed E-state index contributed by atoms with van der Waals surface area (Å²) in [5.41, 5.74) is 1.08. The van der Waals surface area contributed by atoms with Crippen LogP contribution in [0.5, 0.6) is 5.75 Å². The Morgan fingerprint density at radius 2 is 1.76 bits per heavy atom. The van der Waals surface area contributed by atoms with Crippen molar-refractivity contribution in [1.29, 1.82) is 0 Å². The van der Waals surface area contributed by atoms with Crippen LogP contribution in [0.2, 0.25) is 0 Å². The van der Waals surface area contributed by atoms with Crippen molar-refractivity contribution in [3.05, 3.63) is 29.8 Å². The molecule has 2 N–H and O–H groups in total. The highest BCUT2D eigenvalue weighted by Crippen LogP contribution is 2.18. The van der Waals surface area contributed by atoms with E-state index in [-0.39, 0.29) is 17.9 Å². The Morgan fingerprint density at radius 3 is 2.29 bits per heavy atom. The predicted molar refractivity (Wildman–Crippen MR) is 86.4 cm³/mol. The largest absolute Gasteiger partial charge is 0.493 e. The monoisotopic (exact) mass is 292 g/mol. The van der Waals surface area contributed by atoms with E-state index in [0.29, 0.717) is 19.1 Å². The lowest BCUT2D eigenvalue weighted by Crippen LogP contribution is -2.35. The molecular formula is C17H28N2O2. The number of ether oxygens (including phenoxy) is 1. The third-order valence-corrected chi connectivity index (χ3v) is 3.28. The van der Waals surface area contributed by atoms with Gasteiger partial charge in [-0.15, -0.1) is 0 Å². The van der Waals surface area contributed by atoms with Gasteiger partial charge in [0.25, 0.3) is 0 Å². The van der Waals surface area contributed by atoms with Crippen molar-refractivity contribution in [3.63, 3.8) is 0 Å². The smallest absolute Gasteiger partial charge is 0.224 e. The SMILES string of the molecule is CNCC(C)C(=O)NC(C)c1ccc(OCC(C)C)cc1. The molecule has 4 heteroatoms. The van der Waals surface area contributed by atoms with E-state index in [4.69, 9.17) is 4.74 Å². The summed E-state index contributed by atoms with van der Waals surface area (Å²) in [6.45, 7) is 9.56. The van der Waals surface area contributed by atoms with Crippen LogP contribution in [0, 0.1) is 11.8 Å². The summed E-state index contributed by atoms with van der Waals surface area (Å²) >= 11 is 0. The molecule has 2 atom stereocenters. The second-order valence-corrected chi connectivity index (χ2v) is 5.96. The van der Waals surface area contributed by atoms with Gasteiger partial charge in [-0.1, -0.05) is 32.9 Å². The predicted octanol–water partition coefficient (Wildman–Crippen LogP) is 2.75. The first-order valence-corrected chi connectivity index (χ1v) is 7.61. The molecule has 21 heavy (non-hydrogen) atoms. The quantitative estimate of drug-likeness (QED) is 0.774. The van der Waals surface area contributed by atoms with Crippen molar-refractivity contribution in [2.24, 2.45) is 11.8 Å². The lowest BCUT2D eigenvalue weighted by molar-refractivity contribution is -0.125. The van der Waals surface area contributed by atoms with Gasteiger partial charge >= 0.3 is 0 Å². The van der Waals surface area contributed by atoms with Crippen LogP contribution in [0.4, 0.5) is 0 Å². The van der Waals surface area contributed by atoms with Crippen molar-refractivity contribution < 1.29 is 9.53 Å². The zero-order valence-electron chi connectivity index (χ0n) is 13.8. The Hall–Kier alpha value is -1.55. The van der Waals surface area contributed by atoms with Crippen LogP contribution in [0.25, 0.3) is 0 Å². The maximum atomic E-state index is 12.0. The zero-order valence-corrected chi connectivity index (χ0v) is 13.8. The summed E-state index contributed by atoms with van der Waals surface area (Å²) in [5.74, 6) is 1.41. The van der Waals surface area contributed by atoms with Gasteiger partial charge in [0.1, 0.15) is 5.75 Å². The Kier molecular flexibility index (Phi) is 7.23. The van der Waals surface area contributed by atoms with Crippen LogP contribution < -0.4 is 15.4 Å². The van der Waals surface area contributed by atoms with Crippen LogP contribution in [0.1, 0.15) is 39.3 Å². The number of hydrogen-bond acceptors (Lipinski definition) is 3. The van der Waals surface area contributed by atoms with Crippen LogP contribution in [0.3, 0.4) is 0 Å². The Morgan fingerprint density at radius 1 is 1.14 bits per heavy atom. The average Bonchev–Trinajstić information content (AvgIpc) is 2.45. The lowest BCUT2D eigenvalue weighted by atomic mass is 10.1. The highest BCUT2D eigenvalue weighted by molar-refractivity contribution is 5.78. The van der Waals surface area contributed by atoms with Gasteiger partial charge in [0.15, 0.2) is 0 Å². The van der Waals surface area contributed by atoms with Crippen LogP contribution in [-0.2, 0) is 4.79 Å². The summed E-state index contributed by atoms with van der Waals surface area (Å²) in [5, 5.41) is 6.05. The van der Waals surface area contributed by atoms with Crippen LogP contribution >= 0.6 is 0 Å². The fourth-order valence-electron chi connectivity index (χ4n) is 1.95. The number of benzene rings is 1. The number of hydrogen-bond donors (Lipinski definition) is 2. The minimum atomic E-state index is -0.0360. The molecule has 1 aromatic rings. The van der Waals surface area contributed by atoms with Gasteiger partial charge in [0.2, 0.25) is 5.91 Å². The normalized spacial score (nSPS) is 13.8. The fourth-order valence-corrected chi connectivity index (χ4v) is 1.95. The van der Waals surface area contributed by atoms with Gasteiger partial charge in [0, 0.05) is 12.5 Å². The maximum absolute atomic E-state index is 12.0. The summed E-state index contributed by atoms with van der Waals surface area (Å²) in [6.07, 6.45) is 0. The first-order valence-electron chi connectivity index (χ1n) is 7.61. The molecule has 1 amide bonds. The molecule has 0 aromatic heterocycles. The Balaban J connectivity index is 2.54. The molecule has 0 bridgehead atoms. The van der Waals surface area contributed by atoms with E-state index in [9.17, 15) is 4.79 Å². The van der Waals surface area contributed by atoms with Gasteiger partial charge in [-0.2, -0.15) is 0 Å². The maximum Gasteiger partial charge on any atom is 0.224 e. The first-order chi connectivity index (χ1) is 9.93. The molecule has 0 saturated carbocycles. The van der Waals surface area contributed by atoms with Gasteiger partial charge < -0.3 is 15.4 Å². The molecule has 4 nitrogen and oxygen atoms in total. The molecule has 0 aliphatic carbocycles. The molecule has 0 heterocycles. The molecule has 0 aliphatic rings. The summed E-state index contributed by atoms with van der Waals surface area (Å²) < 4.78 is 5.66. The molecule has 1 rings (SSSR count). The topological polar surface area (TPSA) is 50.4 Å². The summed E-state index contributed by atoms with van der Waals surface area (Å²) in [6, 6.07) is 7.91. The van der Waals surface area contributed by atoms with Crippen molar-refractivity contribution in [3.8, 4) is 5.75 Å². The molecule has 0 radical (unpaired) electrons. The number of nitrogens with one attached hydrogen (secondary N) is 2. The first kappa shape index (κ1) is 17.5. The van der Waals surface area contributed by atoms with E-state index in [1.54, 1.807) is 0 Å². The molecule has 0 fully saturated rings. The highest BCUT2D eigenvalue weighted by Gasteiger charge is 2.15. The van der Waals surface area contributed by atoms with Gasteiger partial charge in [-0.3, -0.25) is 4.79 Å². The van der Waals surface area contributed by atoms with Gasteiger partial charge in [0.05, 0.1) is 12.6 Å². The van der Waals surface area contributed by atoms with Gasteiger partial charge in [-0.05, 0) is 37.6 Å². The van der Waals surface area contributed by atoms with E-state index in [2.05, 4.69) is 24.5 Å². The number of carbonyl (C=O) groups excluding carboxylic acids is 1. The third-order valence-electron chi connectivity index (χ3n) is 3.28. The number of amides is 1. The average molecular weight is 292 g/mol. The Bertz CT molecular complexity index is 429. The van der Waals surface area contributed by atoms with E-state index in [1.807, 2.05) is 45.2 Å². The van der Waals surface area contributed by atoms with Crippen molar-refractivity contribution >= 4 is 5.91 Å². The van der Waals surface area contributed by atoms with E-state index < -0.39 is 0 Å². The molecule has 118 valence electrons. The Labute approximate surface area is 128 Å². The van der Waals surface area contributed by atoms with Crippen LogP contribution in [-0.4, -0.2) is 26.1 Å². The molecule has 0 spiro atoms. The minimum Gasteiger partial charge on any atom is -0.493 e. The summed E-state index contributed by atoms with van der Waals surface area (Å²) in [4.78, 5) is 12.0. The molecule has 0 aliphatic heterocycles. The fraction of sp³-hybridized carbons (Fsp3) is 0.588. The molecule has 1 aromatic carbocycles. The van der Waals surface area contributed by atoms with Crippen molar-refractivity contribution in [2.45, 2.75) is 33.7 Å². The second kappa shape index (κ2) is 8.67. The third kappa shape index (κ3) is 6.17. The minimum absolute atomic E-state index is 0.00375. The zero-order chi connectivity index (χ0) is 15.8. The van der Waals surface area contributed by atoms with Crippen molar-refractivity contribution in [1.82, 2.24) is 10.6 Å².